The molecule has 0 unspecified atom stereocenters. The van der Waals surface area contributed by atoms with Crippen molar-refractivity contribution in [2.24, 2.45) is 0 Å². The minimum Gasteiger partial charge on any atom is -0.471 e. The van der Waals surface area contributed by atoms with Crippen molar-refractivity contribution in [1.82, 2.24) is 15.3 Å². The molecule has 4 nitrogen and oxygen atoms in total. The molecule has 0 spiro atoms. The van der Waals surface area contributed by atoms with Crippen molar-refractivity contribution >= 4 is 22.6 Å². The fraction of sp³-hybridized carbons (Fsp3) is 0.333. The summed E-state index contributed by atoms with van der Waals surface area (Å²) in [5.41, 5.74) is 1.59. The minimum absolute atomic E-state index is 0.142. The zero-order valence-corrected chi connectivity index (χ0v) is 9.94. The monoisotopic (exact) mass is 249 g/mol. The highest BCUT2D eigenvalue weighted by molar-refractivity contribution is 6.31. The number of ether oxygens (including phenoxy) is 1. The maximum Gasteiger partial charge on any atom is 0.253 e. The summed E-state index contributed by atoms with van der Waals surface area (Å²) in [6.07, 6.45) is 1.12. The molecule has 1 aromatic heterocycles. The molecular formula is C12H12ClN3O. The van der Waals surface area contributed by atoms with Crippen LogP contribution in [0.3, 0.4) is 0 Å². The van der Waals surface area contributed by atoms with Crippen LogP contribution >= 0.6 is 11.6 Å². The van der Waals surface area contributed by atoms with E-state index in [9.17, 15) is 0 Å². The van der Waals surface area contributed by atoms with Crippen LogP contribution in [0, 0.1) is 0 Å². The largest absolute Gasteiger partial charge is 0.471 e. The van der Waals surface area contributed by atoms with Crippen LogP contribution in [0.5, 0.6) is 5.88 Å². The SMILES string of the molecule is Clc1nc2ccccc2nc1O[C@@H]1CCNC1. The second-order valence-corrected chi connectivity index (χ2v) is 4.40. The molecule has 0 amide bonds. The Kier molecular flexibility index (Phi) is 2.82. The van der Waals surface area contributed by atoms with Gasteiger partial charge < -0.3 is 10.1 Å². The predicted molar refractivity (Wildman–Crippen MR) is 66.5 cm³/mol. The van der Waals surface area contributed by atoms with E-state index in [0.29, 0.717) is 11.0 Å². The topological polar surface area (TPSA) is 47.0 Å². The highest BCUT2D eigenvalue weighted by Crippen LogP contribution is 2.24. The Morgan fingerprint density at radius 1 is 1.24 bits per heavy atom. The standard InChI is InChI=1S/C12H12ClN3O/c13-11-12(17-8-5-6-14-7-8)16-10-4-2-1-3-9(10)15-11/h1-4,8,14H,5-7H2/t8-/m1/s1. The van der Waals surface area contributed by atoms with Gasteiger partial charge in [0.1, 0.15) is 6.10 Å². The lowest BCUT2D eigenvalue weighted by Gasteiger charge is -2.12. The highest BCUT2D eigenvalue weighted by atomic mass is 35.5. The van der Waals surface area contributed by atoms with E-state index < -0.39 is 0 Å². The van der Waals surface area contributed by atoms with Crippen LogP contribution in [0.25, 0.3) is 11.0 Å². The fourth-order valence-electron chi connectivity index (χ4n) is 1.92. The first kappa shape index (κ1) is 10.7. The Balaban J connectivity index is 1.95. The average Bonchev–Trinajstić information content (AvgIpc) is 2.83. The maximum absolute atomic E-state index is 6.06. The number of hydrogen-bond acceptors (Lipinski definition) is 4. The van der Waals surface area contributed by atoms with E-state index in [2.05, 4.69) is 15.3 Å². The number of nitrogens with one attached hydrogen (secondary N) is 1. The number of para-hydroxylation sites is 2. The Morgan fingerprint density at radius 3 is 2.71 bits per heavy atom. The molecule has 1 atom stereocenters. The van der Waals surface area contributed by atoms with Crippen LogP contribution in [-0.4, -0.2) is 29.2 Å². The van der Waals surface area contributed by atoms with Gasteiger partial charge >= 0.3 is 0 Å². The normalized spacial score (nSPS) is 19.7. The van der Waals surface area contributed by atoms with Gasteiger partial charge in [0.15, 0.2) is 5.15 Å². The van der Waals surface area contributed by atoms with Crippen LogP contribution in [0.15, 0.2) is 24.3 Å². The molecule has 0 bridgehead atoms. The van der Waals surface area contributed by atoms with E-state index in [1.807, 2.05) is 24.3 Å². The molecule has 2 heterocycles. The third-order valence-electron chi connectivity index (χ3n) is 2.79. The Bertz CT molecular complexity index is 540. The number of aromatic nitrogens is 2. The average molecular weight is 250 g/mol. The second-order valence-electron chi connectivity index (χ2n) is 4.04. The summed E-state index contributed by atoms with van der Waals surface area (Å²) >= 11 is 6.06. The lowest BCUT2D eigenvalue weighted by atomic mass is 10.3. The van der Waals surface area contributed by atoms with Gasteiger partial charge in [-0.1, -0.05) is 23.7 Å². The quantitative estimate of drug-likeness (QED) is 0.885. The molecule has 0 saturated carbocycles. The minimum atomic E-state index is 0.142. The third kappa shape index (κ3) is 2.18. The van der Waals surface area contributed by atoms with Crippen molar-refractivity contribution in [1.29, 1.82) is 0 Å². The molecule has 3 rings (SSSR count). The number of rotatable bonds is 2. The van der Waals surface area contributed by atoms with Crippen molar-refractivity contribution < 1.29 is 4.74 Å². The summed E-state index contributed by atoms with van der Waals surface area (Å²) in [4.78, 5) is 8.67. The molecule has 17 heavy (non-hydrogen) atoms. The van der Waals surface area contributed by atoms with Crippen LogP contribution in [0.4, 0.5) is 0 Å². The van der Waals surface area contributed by atoms with E-state index >= 15 is 0 Å². The molecule has 1 N–H and O–H groups in total. The summed E-state index contributed by atoms with van der Waals surface area (Å²) in [6, 6.07) is 7.62. The number of hydrogen-bond donors (Lipinski definition) is 1. The van der Waals surface area contributed by atoms with Crippen molar-refractivity contribution in [2.75, 3.05) is 13.1 Å². The number of nitrogens with zero attached hydrogens (tertiary/aromatic N) is 2. The number of benzene rings is 1. The second kappa shape index (κ2) is 4.47. The van der Waals surface area contributed by atoms with Crippen molar-refractivity contribution in [2.45, 2.75) is 12.5 Å². The van der Waals surface area contributed by atoms with Crippen LogP contribution < -0.4 is 10.1 Å². The molecule has 1 saturated heterocycles. The molecule has 1 aliphatic rings. The van der Waals surface area contributed by atoms with Gasteiger partial charge in [0.25, 0.3) is 5.88 Å². The van der Waals surface area contributed by atoms with E-state index in [1.165, 1.54) is 0 Å². The van der Waals surface area contributed by atoms with E-state index in [1.54, 1.807) is 0 Å². The zero-order chi connectivity index (χ0) is 11.7. The molecular weight excluding hydrogens is 238 g/mol. The van der Waals surface area contributed by atoms with Crippen LogP contribution in [0.1, 0.15) is 6.42 Å². The van der Waals surface area contributed by atoms with Gasteiger partial charge in [-0.05, 0) is 25.1 Å². The van der Waals surface area contributed by atoms with Gasteiger partial charge in [-0.3, -0.25) is 0 Å². The molecule has 1 fully saturated rings. The smallest absolute Gasteiger partial charge is 0.253 e. The molecule has 2 aromatic rings. The first-order valence-electron chi connectivity index (χ1n) is 5.62. The summed E-state index contributed by atoms with van der Waals surface area (Å²) in [6.45, 7) is 1.81. The number of halogens is 1. The van der Waals surface area contributed by atoms with Crippen LogP contribution in [0.2, 0.25) is 5.15 Å². The predicted octanol–water partition coefficient (Wildman–Crippen LogP) is 2.02. The van der Waals surface area contributed by atoms with Gasteiger partial charge in [-0.2, -0.15) is 0 Å². The first-order chi connectivity index (χ1) is 8.33. The molecule has 1 aromatic carbocycles. The van der Waals surface area contributed by atoms with Gasteiger partial charge in [-0.15, -0.1) is 0 Å². The molecule has 1 aliphatic heterocycles. The maximum atomic E-state index is 6.06. The fourth-order valence-corrected chi connectivity index (χ4v) is 2.10. The van der Waals surface area contributed by atoms with Gasteiger partial charge in [0.05, 0.1) is 11.0 Å². The summed E-state index contributed by atoms with van der Waals surface area (Å²) in [5, 5.41) is 3.56. The molecule has 88 valence electrons. The Morgan fingerprint density at radius 2 is 2.00 bits per heavy atom. The van der Waals surface area contributed by atoms with Crippen molar-refractivity contribution in [3.05, 3.63) is 29.4 Å². The molecule has 0 radical (unpaired) electrons. The number of fused-ring (bicyclic) bond motifs is 1. The summed E-state index contributed by atoms with van der Waals surface area (Å²) < 4.78 is 5.75. The van der Waals surface area contributed by atoms with E-state index in [-0.39, 0.29) is 6.10 Å². The van der Waals surface area contributed by atoms with Crippen LogP contribution in [-0.2, 0) is 0 Å². The summed E-state index contributed by atoms with van der Waals surface area (Å²) in [5.74, 6) is 0.430. The van der Waals surface area contributed by atoms with Gasteiger partial charge in [0, 0.05) is 6.54 Å². The zero-order valence-electron chi connectivity index (χ0n) is 9.19. The van der Waals surface area contributed by atoms with Gasteiger partial charge in [0.2, 0.25) is 0 Å². The first-order valence-corrected chi connectivity index (χ1v) is 6.00. The van der Waals surface area contributed by atoms with Gasteiger partial charge in [-0.25, -0.2) is 9.97 Å². The highest BCUT2D eigenvalue weighted by Gasteiger charge is 2.18. The molecule has 5 heteroatoms. The third-order valence-corrected chi connectivity index (χ3v) is 3.04. The van der Waals surface area contributed by atoms with Crippen molar-refractivity contribution in [3.63, 3.8) is 0 Å². The summed E-state index contributed by atoms with van der Waals surface area (Å²) in [7, 11) is 0. The van der Waals surface area contributed by atoms with E-state index in [4.69, 9.17) is 16.3 Å². The van der Waals surface area contributed by atoms with E-state index in [0.717, 1.165) is 30.5 Å². The molecule has 0 aliphatic carbocycles. The van der Waals surface area contributed by atoms with Crippen molar-refractivity contribution in [3.8, 4) is 5.88 Å². The lowest BCUT2D eigenvalue weighted by molar-refractivity contribution is 0.214. The Hall–Kier alpha value is -1.39. The lowest BCUT2D eigenvalue weighted by Crippen LogP contribution is -2.20. The Labute approximate surface area is 104 Å².